The van der Waals surface area contributed by atoms with E-state index in [0.717, 1.165) is 35.2 Å². The molecule has 7 heteroatoms. The van der Waals surface area contributed by atoms with Crippen LogP contribution in [0, 0.1) is 11.3 Å². The Labute approximate surface area is 294 Å². The minimum Gasteiger partial charge on any atom is -0.496 e. The van der Waals surface area contributed by atoms with Gasteiger partial charge in [0.1, 0.15) is 5.75 Å². The van der Waals surface area contributed by atoms with Crippen LogP contribution in [-0.4, -0.2) is 54.9 Å². The predicted octanol–water partition coefficient (Wildman–Crippen LogP) is 6.98. The van der Waals surface area contributed by atoms with E-state index in [1.165, 1.54) is 5.56 Å². The summed E-state index contributed by atoms with van der Waals surface area (Å²) in [6, 6.07) is 36.3. The molecule has 4 atom stereocenters. The first kappa shape index (κ1) is 33.3. The molecule has 1 saturated heterocycles. The number of nitrogens with one attached hydrogen (secondary N) is 1. The predicted molar refractivity (Wildman–Crippen MR) is 197 cm³/mol. The van der Waals surface area contributed by atoms with Crippen molar-refractivity contribution in [2.75, 3.05) is 31.6 Å². The molecule has 1 saturated carbocycles. The van der Waals surface area contributed by atoms with Crippen LogP contribution in [0.1, 0.15) is 61.8 Å². The van der Waals surface area contributed by atoms with Gasteiger partial charge in [-0.2, -0.15) is 0 Å². The molecule has 0 aromatic heterocycles. The minimum atomic E-state index is -1.01. The average molecular weight is 668 g/mol. The molecule has 1 heterocycles. The van der Waals surface area contributed by atoms with E-state index in [1.54, 1.807) is 19.3 Å². The Morgan fingerprint density at radius 1 is 0.900 bits per heavy atom. The number of imide groups is 1. The molecule has 8 rings (SSSR count). The van der Waals surface area contributed by atoms with Gasteiger partial charge in [-0.05, 0) is 74.6 Å². The fourth-order valence-corrected chi connectivity index (χ4v) is 9.20. The topological polar surface area (TPSA) is 79.0 Å². The van der Waals surface area contributed by atoms with E-state index in [-0.39, 0.29) is 48.2 Å². The van der Waals surface area contributed by atoms with Crippen molar-refractivity contribution >= 4 is 29.5 Å². The van der Waals surface area contributed by atoms with Crippen molar-refractivity contribution in [1.29, 1.82) is 0 Å². The summed E-state index contributed by atoms with van der Waals surface area (Å²) in [5, 5.41) is 2.91. The summed E-state index contributed by atoms with van der Waals surface area (Å²) in [5.41, 5.74) is 3.33. The molecule has 1 N–H and O–H groups in total. The zero-order valence-electron chi connectivity index (χ0n) is 29.3. The lowest BCUT2D eigenvalue weighted by Crippen LogP contribution is -2.63. The van der Waals surface area contributed by atoms with Crippen molar-refractivity contribution in [3.05, 3.63) is 138 Å². The summed E-state index contributed by atoms with van der Waals surface area (Å²) in [7, 11) is 1.61. The lowest BCUT2D eigenvalue weighted by Gasteiger charge is -2.60. The minimum absolute atomic E-state index is 0.0232. The fraction of sp³-hybridized carbons (Fsp3) is 0.326. The Morgan fingerprint density at radius 2 is 1.56 bits per heavy atom. The van der Waals surface area contributed by atoms with Gasteiger partial charge in [0, 0.05) is 53.2 Å². The monoisotopic (exact) mass is 667 g/mol. The smallest absolute Gasteiger partial charge is 0.246 e. The number of likely N-dealkylation sites (tertiary alicyclic amines) is 1. The van der Waals surface area contributed by atoms with E-state index < -0.39 is 10.8 Å². The molecule has 2 bridgehead atoms. The van der Waals surface area contributed by atoms with Gasteiger partial charge in [-0.1, -0.05) is 91.0 Å². The van der Waals surface area contributed by atoms with E-state index in [4.69, 9.17) is 4.74 Å². The molecular formula is C43H45N3O4. The van der Waals surface area contributed by atoms with Crippen LogP contribution in [0.4, 0.5) is 5.69 Å². The second-order valence-corrected chi connectivity index (χ2v) is 14.9. The Kier molecular flexibility index (Phi) is 8.63. The van der Waals surface area contributed by atoms with Gasteiger partial charge in [0.15, 0.2) is 0 Å². The zero-order chi connectivity index (χ0) is 35.1. The zero-order valence-corrected chi connectivity index (χ0v) is 29.3. The Balaban J connectivity index is 1.28. The number of hydrogen-bond donors (Lipinski definition) is 1. The summed E-state index contributed by atoms with van der Waals surface area (Å²) in [5.74, 6) is -0.527. The molecular weight excluding hydrogens is 622 g/mol. The van der Waals surface area contributed by atoms with Gasteiger partial charge >= 0.3 is 0 Å². The fourth-order valence-electron chi connectivity index (χ4n) is 9.20. The Hall–Kier alpha value is -5.17. The number of nitrogens with zero attached hydrogens (tertiary/aromatic N) is 2. The summed E-state index contributed by atoms with van der Waals surface area (Å²) in [6.07, 6.45) is 5.00. The van der Waals surface area contributed by atoms with Crippen LogP contribution in [0.3, 0.4) is 0 Å². The highest BCUT2D eigenvalue weighted by Gasteiger charge is 2.70. The third-order valence-corrected chi connectivity index (χ3v) is 11.3. The number of carbonyl (C=O) groups is 3. The molecule has 0 spiro atoms. The number of methoxy groups -OCH3 is 1. The van der Waals surface area contributed by atoms with Gasteiger partial charge in [-0.15, -0.1) is 0 Å². The number of anilines is 1. The summed E-state index contributed by atoms with van der Waals surface area (Å²) < 4.78 is 5.51. The molecule has 3 amide bonds. The molecule has 0 unspecified atom stereocenters. The standard InChI is InChI=1S/C43H45N3O4/c1-41(2,3)46(32-18-9-6-10-19-32)28-38(47)44-40(49)43-29-45(39(48)24-23-30-15-11-14-22-36(30)50-4)27-37(43)42(31-16-7-5-8-17-31)26-25-35(43)33-20-12-13-21-34(33)42/h5-24,35,37H,25-29H2,1-4H3,(H,44,47,49)/t35-,37+,42-,43+/m1/s1. The number of fused-ring (bicyclic) bond motifs is 1. The van der Waals surface area contributed by atoms with Crippen LogP contribution in [0.2, 0.25) is 0 Å². The molecule has 1 aliphatic heterocycles. The van der Waals surface area contributed by atoms with Crippen LogP contribution in [0.5, 0.6) is 5.75 Å². The molecule has 50 heavy (non-hydrogen) atoms. The maximum absolute atomic E-state index is 15.1. The SMILES string of the molecule is COc1ccccc1C=CC(=O)N1C[C@H]2[C@@]3(c4ccccc4)CC[C@H](c4ccccc43)[C@@]2(C(=O)NC(=O)CN(c2ccccc2)C(C)(C)C)C1. The van der Waals surface area contributed by atoms with E-state index in [9.17, 15) is 9.59 Å². The van der Waals surface area contributed by atoms with Crippen LogP contribution in [0.15, 0.2) is 115 Å². The second-order valence-electron chi connectivity index (χ2n) is 14.9. The first-order valence-corrected chi connectivity index (χ1v) is 17.5. The maximum atomic E-state index is 15.1. The van der Waals surface area contributed by atoms with Crippen LogP contribution in [-0.2, 0) is 19.8 Å². The van der Waals surface area contributed by atoms with E-state index in [2.05, 4.69) is 68.6 Å². The molecule has 3 aliphatic carbocycles. The van der Waals surface area contributed by atoms with Crippen molar-refractivity contribution in [2.45, 2.75) is 50.5 Å². The lowest BCUT2D eigenvalue weighted by molar-refractivity contribution is -0.143. The highest BCUT2D eigenvalue weighted by atomic mass is 16.5. The second kappa shape index (κ2) is 12.9. The van der Waals surface area contributed by atoms with Crippen molar-refractivity contribution in [3.8, 4) is 5.75 Å². The summed E-state index contributed by atoms with van der Waals surface area (Å²) in [4.78, 5) is 47.0. The third-order valence-electron chi connectivity index (χ3n) is 11.3. The number of amides is 3. The lowest BCUT2D eigenvalue weighted by atomic mass is 9.42. The number of hydrogen-bond acceptors (Lipinski definition) is 5. The van der Waals surface area contributed by atoms with Gasteiger partial charge in [0.25, 0.3) is 0 Å². The van der Waals surface area contributed by atoms with Gasteiger partial charge in [0.2, 0.25) is 17.7 Å². The molecule has 7 nitrogen and oxygen atoms in total. The van der Waals surface area contributed by atoms with Gasteiger partial charge in [0.05, 0.1) is 19.1 Å². The molecule has 0 radical (unpaired) electrons. The normalized spacial score (nSPS) is 23.6. The van der Waals surface area contributed by atoms with Crippen LogP contribution >= 0.6 is 0 Å². The van der Waals surface area contributed by atoms with Gasteiger partial charge in [-0.25, -0.2) is 0 Å². The molecule has 4 aromatic carbocycles. The van der Waals surface area contributed by atoms with Gasteiger partial charge < -0.3 is 14.5 Å². The van der Waals surface area contributed by atoms with E-state index in [1.807, 2.05) is 76.5 Å². The van der Waals surface area contributed by atoms with Gasteiger partial charge in [-0.3, -0.25) is 19.7 Å². The first-order valence-electron chi connectivity index (χ1n) is 17.5. The van der Waals surface area contributed by atoms with Crippen LogP contribution < -0.4 is 15.0 Å². The van der Waals surface area contributed by atoms with Crippen LogP contribution in [0.25, 0.3) is 6.08 Å². The summed E-state index contributed by atoms with van der Waals surface area (Å²) >= 11 is 0. The van der Waals surface area contributed by atoms with Crippen molar-refractivity contribution in [3.63, 3.8) is 0 Å². The first-order chi connectivity index (χ1) is 24.1. The molecule has 4 aliphatic rings. The molecule has 256 valence electrons. The van der Waals surface area contributed by atoms with Crippen molar-refractivity contribution < 1.29 is 19.1 Å². The highest BCUT2D eigenvalue weighted by molar-refractivity contribution is 6.02. The molecule has 2 fully saturated rings. The number of benzene rings is 4. The third kappa shape index (κ3) is 5.49. The number of carbonyl (C=O) groups excluding carboxylic acids is 3. The van der Waals surface area contributed by atoms with Crippen molar-refractivity contribution in [1.82, 2.24) is 10.2 Å². The van der Waals surface area contributed by atoms with Crippen molar-refractivity contribution in [2.24, 2.45) is 11.3 Å². The quantitative estimate of drug-likeness (QED) is 0.205. The Morgan fingerprint density at radius 3 is 2.28 bits per heavy atom. The molecule has 4 aromatic rings. The van der Waals surface area contributed by atoms with E-state index in [0.29, 0.717) is 12.3 Å². The number of rotatable bonds is 8. The summed E-state index contributed by atoms with van der Waals surface area (Å²) in [6.45, 7) is 6.82. The average Bonchev–Trinajstić information content (AvgIpc) is 3.58. The Bertz CT molecular complexity index is 1930. The van der Waals surface area contributed by atoms with E-state index >= 15 is 4.79 Å². The highest BCUT2D eigenvalue weighted by Crippen LogP contribution is 2.69. The largest absolute Gasteiger partial charge is 0.496 e. The number of para-hydroxylation sites is 2. The maximum Gasteiger partial charge on any atom is 0.246 e. The number of ether oxygens (including phenoxy) is 1.